The molecule has 6 atom stereocenters. The second kappa shape index (κ2) is 9.37. The van der Waals surface area contributed by atoms with Gasteiger partial charge in [0.05, 0.1) is 23.6 Å². The van der Waals surface area contributed by atoms with E-state index in [2.05, 4.69) is 0 Å². The molecule has 11 heteroatoms. The van der Waals surface area contributed by atoms with Crippen LogP contribution in [0, 0.1) is 11.8 Å². The lowest BCUT2D eigenvalue weighted by Gasteiger charge is -2.53. The van der Waals surface area contributed by atoms with Crippen LogP contribution in [-0.4, -0.2) is 85.5 Å². The predicted octanol–water partition coefficient (Wildman–Crippen LogP) is 1.37. The van der Waals surface area contributed by atoms with Gasteiger partial charge in [-0.1, -0.05) is 43.3 Å². The highest BCUT2D eigenvalue weighted by atomic mass is 16.4. The molecule has 0 saturated heterocycles. The van der Waals surface area contributed by atoms with Crippen LogP contribution >= 0.6 is 0 Å². The monoisotopic (exact) mass is 562 g/mol. The summed E-state index contributed by atoms with van der Waals surface area (Å²) >= 11 is 0. The molecule has 0 bridgehead atoms. The third kappa shape index (κ3) is 3.69. The van der Waals surface area contributed by atoms with Crippen molar-refractivity contribution in [2.45, 2.75) is 37.5 Å². The molecule has 214 valence electrons. The van der Waals surface area contributed by atoms with Gasteiger partial charge in [0.25, 0.3) is 5.91 Å². The van der Waals surface area contributed by atoms with E-state index in [0.717, 1.165) is 0 Å². The third-order valence-electron chi connectivity index (χ3n) is 8.73. The smallest absolute Gasteiger partial charge is 0.255 e. The number of ketones is 3. The second-order valence-corrected chi connectivity index (χ2v) is 11.1. The Morgan fingerprint density at radius 3 is 2.15 bits per heavy atom. The zero-order valence-electron chi connectivity index (χ0n) is 22.7. The van der Waals surface area contributed by atoms with Gasteiger partial charge in [0.1, 0.15) is 22.8 Å². The molecule has 7 N–H and O–H groups in total. The molecule has 2 aromatic carbocycles. The van der Waals surface area contributed by atoms with E-state index >= 15 is 0 Å². The lowest BCUT2D eigenvalue weighted by molar-refractivity contribution is -0.169. The minimum atomic E-state index is -2.97. The summed E-state index contributed by atoms with van der Waals surface area (Å²) in [5, 5.41) is 57.3. The van der Waals surface area contributed by atoms with E-state index in [9.17, 15) is 44.7 Å². The minimum Gasteiger partial charge on any atom is -0.508 e. The van der Waals surface area contributed by atoms with Crippen molar-refractivity contribution in [1.82, 2.24) is 4.90 Å². The molecule has 0 aliphatic heterocycles. The van der Waals surface area contributed by atoms with E-state index in [4.69, 9.17) is 5.73 Å². The number of Topliss-reactive ketones (excluding diaryl/α,β-unsaturated/α-hetero) is 3. The number of benzene rings is 2. The fraction of sp³-hybridized carbons (Fsp3) is 0.333. The van der Waals surface area contributed by atoms with Crippen LogP contribution in [0.1, 0.15) is 41.3 Å². The molecule has 0 radical (unpaired) electrons. The highest BCUT2D eigenvalue weighted by Gasteiger charge is 2.68. The van der Waals surface area contributed by atoms with Crippen LogP contribution in [0.4, 0.5) is 0 Å². The SMILES string of the molecule is CC(=O)c1ccc(-c2ccc3c(c2O)C(O)=C2C(=O)[C@]4(O)C(O)=C(C(N)=O)C(=O)[C@@H](N(C)C)[C@@H]4[C@@H](O)[C@@H]2[C@H]3C)cc1. The summed E-state index contributed by atoms with van der Waals surface area (Å²) in [6, 6.07) is 8.24. The van der Waals surface area contributed by atoms with E-state index in [1.165, 1.54) is 25.9 Å². The normalized spacial score (nSPS) is 29.3. The lowest BCUT2D eigenvalue weighted by Crippen LogP contribution is -2.70. The Labute approximate surface area is 234 Å². The number of phenolic OH excluding ortho intramolecular Hbond substituents is 1. The number of amides is 1. The maximum absolute atomic E-state index is 14.1. The van der Waals surface area contributed by atoms with E-state index in [1.54, 1.807) is 43.3 Å². The van der Waals surface area contributed by atoms with E-state index in [-0.39, 0.29) is 22.7 Å². The first-order valence-corrected chi connectivity index (χ1v) is 13.0. The molecule has 5 rings (SSSR count). The van der Waals surface area contributed by atoms with Crippen LogP contribution in [0.15, 0.2) is 53.3 Å². The van der Waals surface area contributed by atoms with Gasteiger partial charge in [0.2, 0.25) is 5.78 Å². The summed E-state index contributed by atoms with van der Waals surface area (Å²) in [6.07, 6.45) is -1.66. The van der Waals surface area contributed by atoms with Gasteiger partial charge in [0, 0.05) is 22.6 Å². The van der Waals surface area contributed by atoms with Gasteiger partial charge in [-0.05, 0) is 38.1 Å². The second-order valence-electron chi connectivity index (χ2n) is 11.1. The highest BCUT2D eigenvalue weighted by Crippen LogP contribution is 2.56. The molecule has 1 saturated carbocycles. The van der Waals surface area contributed by atoms with Gasteiger partial charge >= 0.3 is 0 Å². The number of fused-ring (bicyclic) bond motifs is 3. The molecule has 1 amide bonds. The van der Waals surface area contributed by atoms with Gasteiger partial charge in [0.15, 0.2) is 17.2 Å². The maximum Gasteiger partial charge on any atom is 0.255 e. The Hall–Kier alpha value is -4.32. The Morgan fingerprint density at radius 2 is 1.61 bits per heavy atom. The minimum absolute atomic E-state index is 0.103. The third-order valence-corrected chi connectivity index (χ3v) is 8.73. The standard InChI is InChI=1S/C30H30N2O9/c1-11-15-9-10-16(14-7-5-13(6-8-14)12(2)33)23(34)18(15)24(35)19-17(11)25(36)21-22(32(3)4)26(37)20(29(31)40)28(39)30(21,41)27(19)38/h5-11,17,21-22,25,34-36,39,41H,1-4H3,(H2,31,40)/t11-,17+,21+,22-,25-,30-/m0/s1. The topological polar surface area (TPSA) is 199 Å². The Bertz CT molecular complexity index is 1600. The molecule has 11 nitrogen and oxygen atoms in total. The Morgan fingerprint density at radius 1 is 1.00 bits per heavy atom. The van der Waals surface area contributed by atoms with Crippen molar-refractivity contribution in [1.29, 1.82) is 0 Å². The Kier molecular flexibility index (Phi) is 6.45. The number of hydrogen-bond acceptors (Lipinski definition) is 10. The fourth-order valence-corrected chi connectivity index (χ4v) is 6.73. The largest absolute Gasteiger partial charge is 0.508 e. The number of rotatable bonds is 4. The molecule has 3 aliphatic rings. The summed E-state index contributed by atoms with van der Waals surface area (Å²) in [5.74, 6) is -9.54. The summed E-state index contributed by atoms with van der Waals surface area (Å²) < 4.78 is 0. The van der Waals surface area contributed by atoms with Crippen LogP contribution in [-0.2, 0) is 14.4 Å². The number of aliphatic hydroxyl groups excluding tert-OH is 3. The predicted molar refractivity (Wildman–Crippen MR) is 146 cm³/mol. The number of aliphatic hydroxyl groups is 4. The average molecular weight is 563 g/mol. The van der Waals surface area contributed by atoms with Gasteiger partial charge in [-0.3, -0.25) is 24.1 Å². The van der Waals surface area contributed by atoms with Crippen LogP contribution in [0.3, 0.4) is 0 Å². The van der Waals surface area contributed by atoms with E-state index < -0.39 is 75.6 Å². The molecule has 2 aromatic rings. The molecule has 0 spiro atoms. The number of nitrogens with two attached hydrogens (primary N) is 1. The van der Waals surface area contributed by atoms with Crippen molar-refractivity contribution in [3.8, 4) is 16.9 Å². The summed E-state index contributed by atoms with van der Waals surface area (Å²) in [6.45, 7) is 3.08. The fourth-order valence-electron chi connectivity index (χ4n) is 6.73. The van der Waals surface area contributed by atoms with Crippen molar-refractivity contribution in [3.63, 3.8) is 0 Å². The average Bonchev–Trinajstić information content (AvgIpc) is 2.90. The van der Waals surface area contributed by atoms with Crippen LogP contribution in [0.25, 0.3) is 16.9 Å². The summed E-state index contributed by atoms with van der Waals surface area (Å²) in [7, 11) is 2.90. The molecule has 1 fully saturated rings. The number of aromatic hydroxyl groups is 1. The number of carbonyl (C=O) groups excluding carboxylic acids is 4. The first-order valence-electron chi connectivity index (χ1n) is 13.0. The molecule has 0 unspecified atom stereocenters. The van der Waals surface area contributed by atoms with E-state index in [0.29, 0.717) is 16.7 Å². The van der Waals surface area contributed by atoms with Crippen molar-refractivity contribution in [3.05, 3.63) is 70.0 Å². The summed E-state index contributed by atoms with van der Waals surface area (Å²) in [5.41, 5.74) is 2.50. The Balaban J connectivity index is 1.75. The number of nitrogens with zero attached hydrogens (tertiary/aromatic N) is 1. The number of phenols is 1. The molecule has 0 heterocycles. The van der Waals surface area contributed by atoms with Crippen molar-refractivity contribution < 1.29 is 44.7 Å². The number of likely N-dealkylation sites (N-methyl/N-ethyl adjacent to an activating group) is 1. The number of carbonyl (C=O) groups is 4. The van der Waals surface area contributed by atoms with Gasteiger partial charge in [-0.25, -0.2) is 0 Å². The first-order chi connectivity index (χ1) is 19.2. The molecule has 3 aliphatic carbocycles. The zero-order valence-corrected chi connectivity index (χ0v) is 22.7. The van der Waals surface area contributed by atoms with Gasteiger partial charge in [-0.15, -0.1) is 0 Å². The van der Waals surface area contributed by atoms with Crippen molar-refractivity contribution >= 4 is 29.0 Å². The van der Waals surface area contributed by atoms with Crippen molar-refractivity contribution in [2.75, 3.05) is 14.1 Å². The van der Waals surface area contributed by atoms with Crippen LogP contribution in [0.5, 0.6) is 5.75 Å². The first kappa shape index (κ1) is 28.2. The molecule has 41 heavy (non-hydrogen) atoms. The van der Waals surface area contributed by atoms with Crippen LogP contribution in [0.2, 0.25) is 0 Å². The summed E-state index contributed by atoms with van der Waals surface area (Å²) in [4.78, 5) is 52.5. The molecular formula is C30H30N2O9. The zero-order chi connectivity index (χ0) is 30.3. The van der Waals surface area contributed by atoms with Gasteiger partial charge < -0.3 is 31.3 Å². The number of hydrogen-bond donors (Lipinski definition) is 6. The van der Waals surface area contributed by atoms with E-state index in [1.807, 2.05) is 0 Å². The van der Waals surface area contributed by atoms with Gasteiger partial charge in [-0.2, -0.15) is 0 Å². The van der Waals surface area contributed by atoms with Crippen LogP contribution < -0.4 is 5.73 Å². The molecular weight excluding hydrogens is 532 g/mol. The maximum atomic E-state index is 14.1. The lowest BCUT2D eigenvalue weighted by atomic mass is 9.54. The number of primary amides is 1. The molecule has 0 aromatic heterocycles. The van der Waals surface area contributed by atoms with Crippen molar-refractivity contribution in [2.24, 2.45) is 17.6 Å². The quantitative estimate of drug-likeness (QED) is 0.234. The highest BCUT2D eigenvalue weighted by molar-refractivity contribution is 6.24.